The molecule has 0 saturated heterocycles. The summed E-state index contributed by atoms with van der Waals surface area (Å²) in [5.41, 5.74) is 19.8. The lowest BCUT2D eigenvalue weighted by molar-refractivity contribution is 1.19. The topological polar surface area (TPSA) is 38.7 Å². The van der Waals surface area contributed by atoms with Crippen LogP contribution in [-0.2, 0) is 0 Å². The number of hydrogen-bond donors (Lipinski definition) is 0. The van der Waals surface area contributed by atoms with E-state index in [0.29, 0.717) is 5.82 Å². The standard InChI is InChI=1S/C47H29N3.C42H26/c1-6-16-37-30(11-1)25-26-48-46(37)31-21-23-32(24-22-31)47-49-44(42-27-33-12-2-4-14-35(33)38-17-7-9-19-40(38)42)29-45(50-47)43-28-34-13-3-5-15-36(34)39-18-8-10-20-41(39)43;1-2-8-28-23-31(16-15-27(28)7-1)33-20-19-32-24-30(17-18-34(32)25-33)29-9-5-10-35(26-29)36-21-22-41-38-12-4-3-11-37(38)40-14-6-13-39(36)42(40)41/h1-29H;1-26H. The van der Waals surface area contributed by atoms with Gasteiger partial charge >= 0.3 is 0 Å². The fourth-order valence-electron chi connectivity index (χ4n) is 14.4. The van der Waals surface area contributed by atoms with Crippen molar-refractivity contribution in [2.24, 2.45) is 0 Å². The van der Waals surface area contributed by atoms with Crippen LogP contribution in [0, 0.1) is 0 Å². The lowest BCUT2D eigenvalue weighted by Gasteiger charge is -2.15. The van der Waals surface area contributed by atoms with Gasteiger partial charge in [-0.1, -0.05) is 279 Å². The molecule has 426 valence electrons. The zero-order chi connectivity index (χ0) is 60.6. The van der Waals surface area contributed by atoms with Crippen molar-refractivity contribution < 1.29 is 0 Å². The van der Waals surface area contributed by atoms with Crippen LogP contribution >= 0.6 is 0 Å². The molecule has 19 rings (SSSR count). The van der Waals surface area contributed by atoms with Gasteiger partial charge < -0.3 is 0 Å². The second-order valence-electron chi connectivity index (χ2n) is 24.2. The van der Waals surface area contributed by atoms with Crippen LogP contribution in [0.5, 0.6) is 0 Å². The summed E-state index contributed by atoms with van der Waals surface area (Å²) in [6, 6.07) is 118. The van der Waals surface area contributed by atoms with Crippen LogP contribution in [0.4, 0.5) is 0 Å². The van der Waals surface area contributed by atoms with E-state index in [2.05, 4.69) is 328 Å². The molecule has 0 fully saturated rings. The van der Waals surface area contributed by atoms with E-state index in [1.807, 2.05) is 6.20 Å². The Morgan fingerprint density at radius 1 is 0.185 bits per heavy atom. The van der Waals surface area contributed by atoms with E-state index in [4.69, 9.17) is 15.0 Å². The Kier molecular flexibility index (Phi) is 12.6. The Bertz CT molecular complexity index is 5850. The lowest BCUT2D eigenvalue weighted by atomic mass is 9.92. The maximum absolute atomic E-state index is 5.32. The van der Waals surface area contributed by atoms with Gasteiger partial charge in [0.25, 0.3) is 0 Å². The highest BCUT2D eigenvalue weighted by molar-refractivity contribution is 6.19. The number of hydrogen-bond acceptors (Lipinski definition) is 3. The van der Waals surface area contributed by atoms with Crippen LogP contribution < -0.4 is 0 Å². The highest BCUT2D eigenvalue weighted by Crippen LogP contribution is 2.50. The van der Waals surface area contributed by atoms with E-state index in [0.717, 1.165) is 44.7 Å². The third kappa shape index (κ3) is 9.09. The fourth-order valence-corrected chi connectivity index (χ4v) is 14.4. The van der Waals surface area contributed by atoms with Gasteiger partial charge in [0.1, 0.15) is 0 Å². The number of nitrogens with zero attached hydrogens (tertiary/aromatic N) is 3. The van der Waals surface area contributed by atoms with Crippen molar-refractivity contribution in [3.8, 4) is 101 Å². The second-order valence-corrected chi connectivity index (χ2v) is 24.2. The quantitative estimate of drug-likeness (QED) is 0.149. The molecule has 0 aliphatic heterocycles. The zero-order valence-corrected chi connectivity index (χ0v) is 50.1. The Morgan fingerprint density at radius 2 is 0.598 bits per heavy atom. The number of rotatable bonds is 7. The molecule has 0 saturated carbocycles. The van der Waals surface area contributed by atoms with Crippen LogP contribution in [0.25, 0.3) is 187 Å². The van der Waals surface area contributed by atoms with Crippen LogP contribution in [-0.4, -0.2) is 15.0 Å². The monoisotopic (exact) mass is 1170 g/mol. The molecule has 3 nitrogen and oxygen atoms in total. The van der Waals surface area contributed by atoms with Crippen LogP contribution in [0.2, 0.25) is 0 Å². The normalized spacial score (nSPS) is 11.7. The molecule has 2 heterocycles. The molecular weight excluding hydrogens is 1110 g/mol. The number of pyridine rings is 1. The predicted octanol–water partition coefficient (Wildman–Crippen LogP) is 24.1. The van der Waals surface area contributed by atoms with Gasteiger partial charge in [-0.3, -0.25) is 4.98 Å². The summed E-state index contributed by atoms with van der Waals surface area (Å²) in [5, 5.41) is 19.7. The molecule has 0 amide bonds. The Labute approximate surface area is 532 Å². The summed E-state index contributed by atoms with van der Waals surface area (Å²) in [6.45, 7) is 0. The number of fused-ring (bicyclic) bond motifs is 12. The molecule has 0 N–H and O–H groups in total. The highest BCUT2D eigenvalue weighted by atomic mass is 14.9. The highest BCUT2D eigenvalue weighted by Gasteiger charge is 2.23. The van der Waals surface area contributed by atoms with Crippen molar-refractivity contribution in [3.63, 3.8) is 0 Å². The van der Waals surface area contributed by atoms with Gasteiger partial charge in [-0.05, 0) is 185 Å². The molecule has 2 aromatic heterocycles. The maximum atomic E-state index is 5.32. The number of benzene rings is 16. The van der Waals surface area contributed by atoms with Crippen molar-refractivity contribution in [1.29, 1.82) is 0 Å². The first-order chi connectivity index (χ1) is 45.6. The van der Waals surface area contributed by atoms with Crippen molar-refractivity contribution in [3.05, 3.63) is 334 Å². The summed E-state index contributed by atoms with van der Waals surface area (Å²) >= 11 is 0. The maximum Gasteiger partial charge on any atom is 0.160 e. The summed E-state index contributed by atoms with van der Waals surface area (Å²) < 4.78 is 0. The third-order valence-electron chi connectivity index (χ3n) is 18.9. The van der Waals surface area contributed by atoms with E-state index < -0.39 is 0 Å². The van der Waals surface area contributed by atoms with E-state index >= 15 is 0 Å². The SMILES string of the molecule is c1cc(-c2ccc3cc(-c4ccc5ccccc5c4)ccc3c2)cc(-c2ccc3c4c(cccc24)-c2ccccc2-3)c1.c1ccc2c(-c3ccc(-c4nc(-c5cc6ccccc6c6ccccc56)cc(-c5cc6ccccc6c6ccccc56)n4)cc3)nccc2c1. The fraction of sp³-hybridized carbons (Fsp3) is 0. The van der Waals surface area contributed by atoms with E-state index in [1.165, 1.54) is 136 Å². The Hall–Kier alpha value is -12.2. The minimum absolute atomic E-state index is 0.685. The summed E-state index contributed by atoms with van der Waals surface area (Å²) in [7, 11) is 0. The molecule has 0 bridgehead atoms. The molecule has 92 heavy (non-hydrogen) atoms. The molecule has 0 spiro atoms. The molecular formula is C89H55N3. The van der Waals surface area contributed by atoms with Gasteiger partial charge in [-0.2, -0.15) is 0 Å². The summed E-state index contributed by atoms with van der Waals surface area (Å²) in [6.07, 6.45) is 1.88. The zero-order valence-electron chi connectivity index (χ0n) is 50.1. The minimum atomic E-state index is 0.685. The molecule has 16 aromatic carbocycles. The first kappa shape index (κ1) is 52.9. The smallest absolute Gasteiger partial charge is 0.160 e. The first-order valence-electron chi connectivity index (χ1n) is 31.5. The minimum Gasteiger partial charge on any atom is -0.256 e. The second kappa shape index (κ2) is 21.9. The van der Waals surface area contributed by atoms with E-state index in [-0.39, 0.29) is 0 Å². The van der Waals surface area contributed by atoms with Crippen molar-refractivity contribution in [1.82, 2.24) is 15.0 Å². The summed E-state index contributed by atoms with van der Waals surface area (Å²) in [5.74, 6) is 0.685. The molecule has 3 heteroatoms. The first-order valence-corrected chi connectivity index (χ1v) is 31.5. The van der Waals surface area contributed by atoms with E-state index in [9.17, 15) is 0 Å². The Balaban J connectivity index is 0.000000138. The molecule has 1 aliphatic carbocycles. The van der Waals surface area contributed by atoms with Crippen molar-refractivity contribution in [2.75, 3.05) is 0 Å². The molecule has 0 unspecified atom stereocenters. The van der Waals surface area contributed by atoms with Gasteiger partial charge in [-0.15, -0.1) is 0 Å². The Morgan fingerprint density at radius 3 is 1.22 bits per heavy atom. The van der Waals surface area contributed by atoms with Gasteiger partial charge in [0.2, 0.25) is 0 Å². The lowest BCUT2D eigenvalue weighted by Crippen LogP contribution is -1.97. The third-order valence-corrected chi connectivity index (χ3v) is 18.9. The van der Waals surface area contributed by atoms with Crippen molar-refractivity contribution >= 4 is 86.2 Å². The summed E-state index contributed by atoms with van der Waals surface area (Å²) in [4.78, 5) is 15.4. The van der Waals surface area contributed by atoms with Crippen LogP contribution in [0.15, 0.2) is 334 Å². The van der Waals surface area contributed by atoms with Crippen molar-refractivity contribution in [2.45, 2.75) is 0 Å². The largest absolute Gasteiger partial charge is 0.256 e. The molecule has 18 aromatic rings. The van der Waals surface area contributed by atoms with Gasteiger partial charge in [0.05, 0.1) is 17.1 Å². The average molecular weight is 1170 g/mol. The van der Waals surface area contributed by atoms with Crippen LogP contribution in [0.1, 0.15) is 0 Å². The molecule has 0 radical (unpaired) electrons. The van der Waals surface area contributed by atoms with Gasteiger partial charge in [-0.25, -0.2) is 9.97 Å². The van der Waals surface area contributed by atoms with Crippen LogP contribution in [0.3, 0.4) is 0 Å². The van der Waals surface area contributed by atoms with Gasteiger partial charge in [0.15, 0.2) is 5.82 Å². The number of aromatic nitrogens is 3. The predicted molar refractivity (Wildman–Crippen MR) is 389 cm³/mol. The molecule has 1 aliphatic rings. The van der Waals surface area contributed by atoms with Gasteiger partial charge in [0, 0.05) is 33.8 Å². The van der Waals surface area contributed by atoms with E-state index in [1.54, 1.807) is 0 Å². The average Bonchev–Trinajstić information content (AvgIpc) is 1.54. The molecule has 0 atom stereocenters.